The summed E-state index contributed by atoms with van der Waals surface area (Å²) >= 11 is 0. The normalized spacial score (nSPS) is 17.4. The second kappa shape index (κ2) is 3.99. The van der Waals surface area contributed by atoms with E-state index < -0.39 is 11.9 Å². The zero-order valence-electron chi connectivity index (χ0n) is 9.63. The number of aliphatic hydroxyl groups is 1. The van der Waals surface area contributed by atoms with Gasteiger partial charge in [0.25, 0.3) is 0 Å². The highest BCUT2D eigenvalue weighted by Gasteiger charge is 2.28. The number of aliphatic hydroxyl groups excluding tert-OH is 1. The van der Waals surface area contributed by atoms with Gasteiger partial charge in [0.2, 0.25) is 0 Å². The lowest BCUT2D eigenvalue weighted by Crippen LogP contribution is -2.08. The molecule has 0 fully saturated rings. The maximum absolute atomic E-state index is 13.3. The predicted molar refractivity (Wildman–Crippen MR) is 60.5 cm³/mol. The van der Waals surface area contributed by atoms with Crippen LogP contribution < -0.4 is 9.47 Å². The summed E-state index contributed by atoms with van der Waals surface area (Å²) in [4.78, 5) is 0. The van der Waals surface area contributed by atoms with E-state index in [-0.39, 0.29) is 12.4 Å². The molecular formula is C12H11FN2O3. The Morgan fingerprint density at radius 2 is 2.39 bits per heavy atom. The molecule has 2 aromatic rings. The molecule has 3 rings (SSSR count). The van der Waals surface area contributed by atoms with Crippen LogP contribution in [0.5, 0.6) is 11.5 Å². The zero-order valence-corrected chi connectivity index (χ0v) is 9.63. The first kappa shape index (κ1) is 11.0. The summed E-state index contributed by atoms with van der Waals surface area (Å²) in [7, 11) is 1.40. The van der Waals surface area contributed by atoms with E-state index in [2.05, 4.69) is 5.10 Å². The van der Waals surface area contributed by atoms with Crippen molar-refractivity contribution in [3.05, 3.63) is 35.9 Å². The molecule has 5 nitrogen and oxygen atoms in total. The maximum atomic E-state index is 13.3. The number of aromatic nitrogens is 2. The first-order chi connectivity index (χ1) is 8.70. The van der Waals surface area contributed by atoms with Crippen LogP contribution in [0, 0.1) is 5.82 Å². The van der Waals surface area contributed by atoms with E-state index in [1.54, 1.807) is 6.07 Å². The number of methoxy groups -OCH3 is 1. The Morgan fingerprint density at radius 1 is 1.56 bits per heavy atom. The third kappa shape index (κ3) is 1.53. The summed E-state index contributed by atoms with van der Waals surface area (Å²) < 4.78 is 25.0. The summed E-state index contributed by atoms with van der Waals surface area (Å²) in [6.07, 6.45) is 0.806. The van der Waals surface area contributed by atoms with Crippen LogP contribution in [0.25, 0.3) is 5.69 Å². The Morgan fingerprint density at radius 3 is 3.17 bits per heavy atom. The zero-order chi connectivity index (χ0) is 12.7. The van der Waals surface area contributed by atoms with Crippen LogP contribution in [0.3, 0.4) is 0 Å². The van der Waals surface area contributed by atoms with Crippen molar-refractivity contribution >= 4 is 0 Å². The lowest BCUT2D eigenvalue weighted by Gasteiger charge is -2.09. The lowest BCUT2D eigenvalue weighted by atomic mass is 10.2. The number of benzene rings is 1. The molecular weight excluding hydrogens is 239 g/mol. The molecule has 0 bridgehead atoms. The highest BCUT2D eigenvalue weighted by Crippen LogP contribution is 2.34. The van der Waals surface area contributed by atoms with E-state index >= 15 is 0 Å². The van der Waals surface area contributed by atoms with Gasteiger partial charge in [0.1, 0.15) is 18.4 Å². The summed E-state index contributed by atoms with van der Waals surface area (Å²) in [6.45, 7) is 0.214. The van der Waals surface area contributed by atoms with Crippen LogP contribution in [-0.2, 0) is 0 Å². The van der Waals surface area contributed by atoms with Crippen LogP contribution in [0.15, 0.2) is 24.4 Å². The Kier molecular flexibility index (Phi) is 2.45. The fourth-order valence-electron chi connectivity index (χ4n) is 1.99. The van der Waals surface area contributed by atoms with Crippen molar-refractivity contribution in [1.29, 1.82) is 0 Å². The fraction of sp³-hybridized carbons (Fsp3) is 0.250. The first-order valence-corrected chi connectivity index (χ1v) is 5.43. The fourth-order valence-corrected chi connectivity index (χ4v) is 1.99. The van der Waals surface area contributed by atoms with Crippen molar-refractivity contribution < 1.29 is 19.0 Å². The molecule has 0 aliphatic carbocycles. The maximum Gasteiger partial charge on any atom is 0.165 e. The van der Waals surface area contributed by atoms with Gasteiger partial charge in [0, 0.05) is 6.07 Å². The van der Waals surface area contributed by atoms with Gasteiger partial charge in [-0.25, -0.2) is 9.07 Å². The monoisotopic (exact) mass is 250 g/mol. The molecule has 0 saturated carbocycles. The molecule has 0 amide bonds. The van der Waals surface area contributed by atoms with Gasteiger partial charge < -0.3 is 14.6 Å². The van der Waals surface area contributed by atoms with Crippen molar-refractivity contribution in [3.8, 4) is 17.2 Å². The van der Waals surface area contributed by atoms with Crippen LogP contribution in [-0.4, -0.2) is 28.6 Å². The van der Waals surface area contributed by atoms with Gasteiger partial charge in [-0.2, -0.15) is 5.10 Å². The summed E-state index contributed by atoms with van der Waals surface area (Å²) in [6, 6.07) is 4.38. The minimum atomic E-state index is -0.724. The minimum absolute atomic E-state index is 0.130. The number of hydrogen-bond donors (Lipinski definition) is 1. The average Bonchev–Trinajstić information content (AvgIpc) is 2.94. The largest absolute Gasteiger partial charge is 0.494 e. The van der Waals surface area contributed by atoms with Crippen molar-refractivity contribution in [2.75, 3.05) is 13.7 Å². The van der Waals surface area contributed by atoms with Gasteiger partial charge in [-0.15, -0.1) is 0 Å². The molecule has 0 radical (unpaired) electrons. The van der Waals surface area contributed by atoms with Gasteiger partial charge in [-0.05, 0) is 12.1 Å². The number of fused-ring (bicyclic) bond motifs is 1. The smallest absolute Gasteiger partial charge is 0.165 e. The molecule has 0 spiro atoms. The van der Waals surface area contributed by atoms with Gasteiger partial charge in [-0.3, -0.25) is 0 Å². The van der Waals surface area contributed by atoms with Crippen molar-refractivity contribution in [3.63, 3.8) is 0 Å². The molecule has 6 heteroatoms. The second-order valence-electron chi connectivity index (χ2n) is 3.95. The molecule has 0 saturated heterocycles. The third-order valence-corrected chi connectivity index (χ3v) is 2.86. The lowest BCUT2D eigenvalue weighted by molar-refractivity contribution is 0.134. The van der Waals surface area contributed by atoms with Gasteiger partial charge in [-0.1, -0.05) is 0 Å². The minimum Gasteiger partial charge on any atom is -0.494 e. The molecule has 1 N–H and O–H groups in total. The molecule has 2 heterocycles. The van der Waals surface area contributed by atoms with Crippen LogP contribution in [0.4, 0.5) is 4.39 Å². The van der Waals surface area contributed by atoms with Crippen LogP contribution in [0.2, 0.25) is 0 Å². The Bertz CT molecular complexity index is 597. The first-order valence-electron chi connectivity index (χ1n) is 5.43. The SMILES string of the molecule is COc1cc(-n2ncc3c2C(O)CO3)ccc1F. The Hall–Kier alpha value is -2.08. The molecule has 1 atom stereocenters. The number of rotatable bonds is 2. The second-order valence-corrected chi connectivity index (χ2v) is 3.95. The average molecular weight is 250 g/mol. The molecule has 1 aromatic carbocycles. The van der Waals surface area contributed by atoms with Gasteiger partial charge in [0.15, 0.2) is 17.3 Å². The summed E-state index contributed by atoms with van der Waals surface area (Å²) in [5.74, 6) is 0.234. The summed E-state index contributed by atoms with van der Waals surface area (Å²) in [5, 5.41) is 13.9. The topological polar surface area (TPSA) is 56.5 Å². The highest BCUT2D eigenvalue weighted by molar-refractivity contribution is 5.44. The summed E-state index contributed by atoms with van der Waals surface area (Å²) in [5.41, 5.74) is 1.18. The van der Waals surface area contributed by atoms with E-state index in [1.807, 2.05) is 0 Å². The Balaban J connectivity index is 2.11. The number of nitrogens with zero attached hydrogens (tertiary/aromatic N) is 2. The Labute approximate surface area is 102 Å². The molecule has 1 aliphatic heterocycles. The van der Waals surface area contributed by atoms with Gasteiger partial charge >= 0.3 is 0 Å². The van der Waals surface area contributed by atoms with Gasteiger partial charge in [0.05, 0.1) is 19.0 Å². The quantitative estimate of drug-likeness (QED) is 0.876. The van der Waals surface area contributed by atoms with E-state index in [4.69, 9.17) is 9.47 Å². The standard InChI is InChI=1S/C12H11FN2O3/c1-17-10-4-7(2-3-8(10)13)15-12-9(16)6-18-11(12)5-14-15/h2-5,9,16H,6H2,1H3. The molecule has 1 aromatic heterocycles. The van der Waals surface area contributed by atoms with Crippen molar-refractivity contribution in [2.45, 2.75) is 6.10 Å². The molecule has 18 heavy (non-hydrogen) atoms. The van der Waals surface area contributed by atoms with Crippen LogP contribution >= 0.6 is 0 Å². The van der Waals surface area contributed by atoms with E-state index in [0.717, 1.165) is 0 Å². The molecule has 1 aliphatic rings. The van der Waals surface area contributed by atoms with E-state index in [9.17, 15) is 9.50 Å². The molecule has 94 valence electrons. The number of ether oxygens (including phenoxy) is 2. The number of halogens is 1. The van der Waals surface area contributed by atoms with E-state index in [1.165, 1.54) is 30.1 Å². The number of hydrogen-bond acceptors (Lipinski definition) is 4. The van der Waals surface area contributed by atoms with E-state index in [0.29, 0.717) is 17.1 Å². The predicted octanol–water partition coefficient (Wildman–Crippen LogP) is 1.45. The van der Waals surface area contributed by atoms with Crippen molar-refractivity contribution in [1.82, 2.24) is 9.78 Å². The van der Waals surface area contributed by atoms with Crippen LogP contribution in [0.1, 0.15) is 11.8 Å². The highest BCUT2D eigenvalue weighted by atomic mass is 19.1. The molecule has 1 unspecified atom stereocenters. The third-order valence-electron chi connectivity index (χ3n) is 2.86. The van der Waals surface area contributed by atoms with Crippen molar-refractivity contribution in [2.24, 2.45) is 0 Å².